The SMILES string of the molecule is CC(C)(C)c1ccc[c]c1N. The predicted molar refractivity (Wildman–Crippen MR) is 48.4 cm³/mol. The maximum Gasteiger partial charge on any atom is 0.0432 e. The molecule has 1 aromatic rings. The topological polar surface area (TPSA) is 26.0 Å². The predicted octanol–water partition coefficient (Wildman–Crippen LogP) is 2.37. The number of rotatable bonds is 0. The van der Waals surface area contributed by atoms with Crippen LogP contribution < -0.4 is 5.73 Å². The summed E-state index contributed by atoms with van der Waals surface area (Å²) in [6.07, 6.45) is 0. The monoisotopic (exact) mass is 148 g/mol. The summed E-state index contributed by atoms with van der Waals surface area (Å²) in [4.78, 5) is 0. The number of hydrogen-bond donors (Lipinski definition) is 1. The van der Waals surface area contributed by atoms with Gasteiger partial charge in [0.25, 0.3) is 0 Å². The Bertz CT molecular complexity index is 245. The number of hydrogen-bond acceptors (Lipinski definition) is 1. The lowest BCUT2D eigenvalue weighted by molar-refractivity contribution is 0.592. The minimum absolute atomic E-state index is 0.127. The van der Waals surface area contributed by atoms with Crippen molar-refractivity contribution in [3.8, 4) is 0 Å². The molecule has 0 aromatic heterocycles. The van der Waals surface area contributed by atoms with Crippen LogP contribution in [-0.2, 0) is 5.41 Å². The van der Waals surface area contributed by atoms with Crippen molar-refractivity contribution in [1.82, 2.24) is 0 Å². The molecule has 0 aliphatic heterocycles. The molecule has 0 aliphatic carbocycles. The van der Waals surface area contributed by atoms with E-state index in [9.17, 15) is 0 Å². The smallest absolute Gasteiger partial charge is 0.0432 e. The summed E-state index contributed by atoms with van der Waals surface area (Å²) in [5.74, 6) is 0. The fraction of sp³-hybridized carbons (Fsp3) is 0.400. The molecule has 2 N–H and O–H groups in total. The van der Waals surface area contributed by atoms with Crippen molar-refractivity contribution in [2.45, 2.75) is 26.2 Å². The first-order valence-electron chi connectivity index (χ1n) is 3.78. The third-order valence-corrected chi connectivity index (χ3v) is 1.70. The van der Waals surface area contributed by atoms with Crippen LogP contribution in [0, 0.1) is 6.07 Å². The highest BCUT2D eigenvalue weighted by atomic mass is 14.6. The highest BCUT2D eigenvalue weighted by Gasteiger charge is 2.15. The maximum absolute atomic E-state index is 5.75. The Morgan fingerprint density at radius 2 is 2.00 bits per heavy atom. The number of anilines is 1. The van der Waals surface area contributed by atoms with Crippen molar-refractivity contribution in [2.75, 3.05) is 5.73 Å². The van der Waals surface area contributed by atoms with E-state index in [1.807, 2.05) is 18.2 Å². The van der Waals surface area contributed by atoms with Gasteiger partial charge in [0, 0.05) is 11.8 Å². The van der Waals surface area contributed by atoms with Crippen LogP contribution in [0.15, 0.2) is 18.2 Å². The lowest BCUT2D eigenvalue weighted by atomic mass is 9.86. The average Bonchev–Trinajstić information content (AvgIpc) is 1.86. The van der Waals surface area contributed by atoms with Crippen molar-refractivity contribution in [1.29, 1.82) is 0 Å². The molecular weight excluding hydrogens is 134 g/mol. The summed E-state index contributed by atoms with van der Waals surface area (Å²) < 4.78 is 0. The Balaban J connectivity index is 3.14. The van der Waals surface area contributed by atoms with E-state index in [1.165, 1.54) is 5.56 Å². The van der Waals surface area contributed by atoms with E-state index in [0.717, 1.165) is 5.69 Å². The van der Waals surface area contributed by atoms with Crippen molar-refractivity contribution in [3.63, 3.8) is 0 Å². The van der Waals surface area contributed by atoms with E-state index in [-0.39, 0.29) is 5.41 Å². The lowest BCUT2D eigenvalue weighted by Crippen LogP contribution is -2.13. The van der Waals surface area contributed by atoms with Gasteiger partial charge in [-0.15, -0.1) is 0 Å². The first-order valence-corrected chi connectivity index (χ1v) is 3.78. The molecule has 0 saturated heterocycles. The van der Waals surface area contributed by atoms with Gasteiger partial charge in [-0.3, -0.25) is 0 Å². The Morgan fingerprint density at radius 1 is 1.36 bits per heavy atom. The molecule has 1 aromatic carbocycles. The molecule has 11 heavy (non-hydrogen) atoms. The van der Waals surface area contributed by atoms with Crippen molar-refractivity contribution >= 4 is 5.69 Å². The fourth-order valence-corrected chi connectivity index (χ4v) is 1.10. The van der Waals surface area contributed by atoms with Crippen molar-refractivity contribution in [2.24, 2.45) is 0 Å². The van der Waals surface area contributed by atoms with Crippen LogP contribution in [-0.4, -0.2) is 0 Å². The second-order valence-corrected chi connectivity index (χ2v) is 3.75. The first-order chi connectivity index (χ1) is 5.02. The molecule has 59 valence electrons. The van der Waals surface area contributed by atoms with E-state index in [4.69, 9.17) is 5.73 Å². The van der Waals surface area contributed by atoms with Gasteiger partial charge in [-0.25, -0.2) is 0 Å². The largest absolute Gasteiger partial charge is 0.398 e. The van der Waals surface area contributed by atoms with Gasteiger partial charge in [0.15, 0.2) is 0 Å². The lowest BCUT2D eigenvalue weighted by Gasteiger charge is -2.20. The summed E-state index contributed by atoms with van der Waals surface area (Å²) in [5, 5.41) is 0. The Kier molecular flexibility index (Phi) is 1.90. The standard InChI is InChI=1S/C10H14N/c1-10(2,3)8-6-4-5-7-9(8)11/h4-6H,11H2,1-3H3. The summed E-state index contributed by atoms with van der Waals surface area (Å²) in [7, 11) is 0. The zero-order valence-electron chi connectivity index (χ0n) is 7.31. The van der Waals surface area contributed by atoms with Crippen LogP contribution in [0.1, 0.15) is 26.3 Å². The van der Waals surface area contributed by atoms with Crippen LogP contribution in [0.4, 0.5) is 5.69 Å². The van der Waals surface area contributed by atoms with E-state index in [0.29, 0.717) is 0 Å². The first kappa shape index (κ1) is 8.12. The number of benzene rings is 1. The zero-order chi connectivity index (χ0) is 8.48. The van der Waals surface area contributed by atoms with E-state index in [1.54, 1.807) is 0 Å². The Morgan fingerprint density at radius 3 is 2.36 bits per heavy atom. The molecule has 0 heterocycles. The second-order valence-electron chi connectivity index (χ2n) is 3.75. The molecule has 0 amide bonds. The molecule has 0 fully saturated rings. The summed E-state index contributed by atoms with van der Waals surface area (Å²) in [6, 6.07) is 8.84. The number of nitrogens with two attached hydrogens (primary N) is 1. The van der Waals surface area contributed by atoms with Gasteiger partial charge >= 0.3 is 0 Å². The summed E-state index contributed by atoms with van der Waals surface area (Å²) in [6.45, 7) is 6.44. The molecule has 0 atom stereocenters. The van der Waals surface area contributed by atoms with Gasteiger partial charge in [-0.1, -0.05) is 39.0 Å². The van der Waals surface area contributed by atoms with Crippen molar-refractivity contribution in [3.05, 3.63) is 29.8 Å². The van der Waals surface area contributed by atoms with Gasteiger partial charge in [0.1, 0.15) is 0 Å². The van der Waals surface area contributed by atoms with Crippen LogP contribution in [0.5, 0.6) is 0 Å². The minimum atomic E-state index is 0.127. The van der Waals surface area contributed by atoms with Crippen molar-refractivity contribution < 1.29 is 0 Å². The normalized spacial score (nSPS) is 11.5. The van der Waals surface area contributed by atoms with E-state index in [2.05, 4.69) is 26.8 Å². The van der Waals surface area contributed by atoms with Crippen LogP contribution in [0.25, 0.3) is 0 Å². The number of para-hydroxylation sites is 1. The van der Waals surface area contributed by atoms with Gasteiger partial charge < -0.3 is 5.73 Å². The Labute approximate surface area is 68.2 Å². The molecular formula is C10H14N. The van der Waals surface area contributed by atoms with Gasteiger partial charge in [-0.2, -0.15) is 0 Å². The summed E-state index contributed by atoms with van der Waals surface area (Å²) in [5.41, 5.74) is 7.81. The third kappa shape index (κ3) is 1.73. The molecule has 1 heteroatoms. The van der Waals surface area contributed by atoms with Gasteiger partial charge in [0.05, 0.1) is 0 Å². The van der Waals surface area contributed by atoms with Crippen LogP contribution in [0.2, 0.25) is 0 Å². The quantitative estimate of drug-likeness (QED) is 0.561. The van der Waals surface area contributed by atoms with E-state index >= 15 is 0 Å². The molecule has 0 aliphatic rings. The average molecular weight is 148 g/mol. The minimum Gasteiger partial charge on any atom is -0.398 e. The zero-order valence-corrected chi connectivity index (χ0v) is 7.31. The van der Waals surface area contributed by atoms with Gasteiger partial charge in [-0.05, 0) is 11.0 Å². The van der Waals surface area contributed by atoms with Gasteiger partial charge in [0.2, 0.25) is 0 Å². The second kappa shape index (κ2) is 2.57. The van der Waals surface area contributed by atoms with E-state index < -0.39 is 0 Å². The third-order valence-electron chi connectivity index (χ3n) is 1.70. The Hall–Kier alpha value is -0.980. The molecule has 1 radical (unpaired) electrons. The molecule has 1 rings (SSSR count). The van der Waals surface area contributed by atoms with Crippen LogP contribution >= 0.6 is 0 Å². The molecule has 1 nitrogen and oxygen atoms in total. The highest BCUT2D eigenvalue weighted by molar-refractivity contribution is 5.48. The maximum atomic E-state index is 5.75. The fourth-order valence-electron chi connectivity index (χ4n) is 1.10. The molecule has 0 spiro atoms. The van der Waals surface area contributed by atoms with Crippen LogP contribution in [0.3, 0.4) is 0 Å². The molecule has 0 unspecified atom stereocenters. The summed E-state index contributed by atoms with van der Waals surface area (Å²) >= 11 is 0. The molecule has 0 saturated carbocycles. The number of nitrogen functional groups attached to an aromatic ring is 1. The highest BCUT2D eigenvalue weighted by Crippen LogP contribution is 2.26. The molecule has 0 bridgehead atoms.